The summed E-state index contributed by atoms with van der Waals surface area (Å²) < 4.78 is 10.9. The first-order valence-corrected chi connectivity index (χ1v) is 8.00. The lowest BCUT2D eigenvalue weighted by Gasteiger charge is -2.31. The van der Waals surface area contributed by atoms with E-state index in [-0.39, 0.29) is 0 Å². The van der Waals surface area contributed by atoms with E-state index in [1.54, 1.807) is 0 Å². The van der Waals surface area contributed by atoms with Crippen LogP contribution in [0.15, 0.2) is 18.2 Å². The van der Waals surface area contributed by atoms with Gasteiger partial charge in [-0.05, 0) is 50.0 Å². The molecule has 0 radical (unpaired) electrons. The van der Waals surface area contributed by atoms with E-state index in [0.717, 1.165) is 30.0 Å². The van der Waals surface area contributed by atoms with Gasteiger partial charge >= 0.3 is 0 Å². The second-order valence-electron chi connectivity index (χ2n) is 6.40. The van der Waals surface area contributed by atoms with E-state index in [4.69, 9.17) is 9.47 Å². The van der Waals surface area contributed by atoms with Crippen molar-refractivity contribution >= 4 is 0 Å². The summed E-state index contributed by atoms with van der Waals surface area (Å²) in [5, 5.41) is 3.46. The minimum absolute atomic E-state index is 0.332. The minimum Gasteiger partial charge on any atom is -0.454 e. The molecule has 0 amide bonds. The van der Waals surface area contributed by atoms with Crippen molar-refractivity contribution in [1.29, 1.82) is 0 Å². The van der Waals surface area contributed by atoms with Gasteiger partial charge in [-0.2, -0.15) is 0 Å². The van der Waals surface area contributed by atoms with Crippen molar-refractivity contribution in [3.63, 3.8) is 0 Å². The maximum absolute atomic E-state index is 5.50. The van der Waals surface area contributed by atoms with E-state index in [0.29, 0.717) is 12.8 Å². The summed E-state index contributed by atoms with van der Waals surface area (Å²) in [4.78, 5) is 2.64. The Bertz CT molecular complexity index is 490. The van der Waals surface area contributed by atoms with Crippen molar-refractivity contribution in [2.24, 2.45) is 5.92 Å². The number of nitrogens with zero attached hydrogens (tertiary/aromatic N) is 1. The highest BCUT2D eigenvalue weighted by atomic mass is 16.7. The van der Waals surface area contributed by atoms with Crippen molar-refractivity contribution in [2.45, 2.75) is 38.8 Å². The molecular weight excluding hydrogens is 264 g/mol. The van der Waals surface area contributed by atoms with Gasteiger partial charge in [0, 0.05) is 18.6 Å². The topological polar surface area (TPSA) is 33.7 Å². The molecule has 1 N–H and O–H groups in total. The standard InChI is InChI=1S/C17H26N2O2/c1-12(2)15-5-4-8-19(15)10-14(18-3)13-6-7-16-17(9-13)21-11-20-16/h6-7,9,12,14-15,18H,4-5,8,10-11H2,1-3H3. The van der Waals surface area contributed by atoms with Gasteiger partial charge in [-0.3, -0.25) is 4.90 Å². The summed E-state index contributed by atoms with van der Waals surface area (Å²) in [5.41, 5.74) is 1.27. The van der Waals surface area contributed by atoms with Gasteiger partial charge in [0.2, 0.25) is 6.79 Å². The number of ether oxygens (including phenoxy) is 2. The number of hydrogen-bond donors (Lipinski definition) is 1. The minimum atomic E-state index is 0.332. The summed E-state index contributed by atoms with van der Waals surface area (Å²) in [6.07, 6.45) is 2.65. The Morgan fingerprint density at radius 1 is 1.29 bits per heavy atom. The normalized spacial score (nSPS) is 23.0. The zero-order valence-corrected chi connectivity index (χ0v) is 13.3. The van der Waals surface area contributed by atoms with Gasteiger partial charge in [0.15, 0.2) is 11.5 Å². The first-order chi connectivity index (χ1) is 10.2. The van der Waals surface area contributed by atoms with Gasteiger partial charge in [0.05, 0.1) is 0 Å². The average molecular weight is 290 g/mol. The predicted octanol–water partition coefficient (Wildman–Crippen LogP) is 2.80. The number of rotatable bonds is 5. The lowest BCUT2D eigenvalue weighted by atomic mass is 10.0. The van der Waals surface area contributed by atoms with E-state index < -0.39 is 0 Å². The summed E-state index contributed by atoms with van der Waals surface area (Å²) in [7, 11) is 2.04. The Balaban J connectivity index is 1.73. The fraction of sp³-hybridized carbons (Fsp3) is 0.647. The average Bonchev–Trinajstić information content (AvgIpc) is 3.12. The molecule has 116 valence electrons. The molecule has 1 aromatic carbocycles. The molecule has 4 heteroatoms. The van der Waals surface area contributed by atoms with Crippen LogP contribution in [0.3, 0.4) is 0 Å². The molecule has 0 aliphatic carbocycles. The summed E-state index contributed by atoms with van der Waals surface area (Å²) in [6, 6.07) is 7.33. The van der Waals surface area contributed by atoms with Crippen LogP contribution in [-0.2, 0) is 0 Å². The molecule has 2 unspecified atom stereocenters. The lowest BCUT2D eigenvalue weighted by Crippen LogP contribution is -2.39. The second-order valence-corrected chi connectivity index (χ2v) is 6.40. The molecule has 1 aromatic rings. The third-order valence-electron chi connectivity index (χ3n) is 4.75. The third kappa shape index (κ3) is 3.01. The predicted molar refractivity (Wildman–Crippen MR) is 83.8 cm³/mol. The Morgan fingerprint density at radius 2 is 2.10 bits per heavy atom. The second kappa shape index (κ2) is 6.24. The number of benzene rings is 1. The van der Waals surface area contributed by atoms with Crippen LogP contribution in [0.5, 0.6) is 11.5 Å². The Morgan fingerprint density at radius 3 is 2.86 bits per heavy atom. The van der Waals surface area contributed by atoms with Gasteiger partial charge in [-0.15, -0.1) is 0 Å². The molecule has 0 saturated carbocycles. The molecule has 2 heterocycles. The van der Waals surface area contributed by atoms with Crippen LogP contribution in [0.25, 0.3) is 0 Å². The van der Waals surface area contributed by atoms with E-state index in [9.17, 15) is 0 Å². The molecule has 3 rings (SSSR count). The fourth-order valence-corrected chi connectivity index (χ4v) is 3.56. The van der Waals surface area contributed by atoms with Gasteiger partial charge < -0.3 is 14.8 Å². The molecule has 0 aromatic heterocycles. The molecule has 0 spiro atoms. The van der Waals surface area contributed by atoms with E-state index in [2.05, 4.69) is 36.2 Å². The highest BCUT2D eigenvalue weighted by Gasteiger charge is 2.29. The third-order valence-corrected chi connectivity index (χ3v) is 4.75. The van der Waals surface area contributed by atoms with Gasteiger partial charge in [0.1, 0.15) is 0 Å². The smallest absolute Gasteiger partial charge is 0.231 e. The number of likely N-dealkylation sites (tertiary alicyclic amines) is 1. The van der Waals surface area contributed by atoms with Crippen LogP contribution in [-0.4, -0.2) is 37.9 Å². The molecule has 2 atom stereocenters. The lowest BCUT2D eigenvalue weighted by molar-refractivity contribution is 0.173. The van der Waals surface area contributed by atoms with Crippen LogP contribution < -0.4 is 14.8 Å². The van der Waals surface area contributed by atoms with Crippen molar-refractivity contribution in [1.82, 2.24) is 10.2 Å². The number of likely N-dealkylation sites (N-methyl/N-ethyl adjacent to an activating group) is 1. The zero-order valence-electron chi connectivity index (χ0n) is 13.3. The van der Waals surface area contributed by atoms with E-state index >= 15 is 0 Å². The van der Waals surface area contributed by atoms with Crippen LogP contribution in [0.2, 0.25) is 0 Å². The Hall–Kier alpha value is -1.26. The summed E-state index contributed by atoms with van der Waals surface area (Å²) in [5.74, 6) is 2.45. The molecule has 2 aliphatic rings. The zero-order chi connectivity index (χ0) is 14.8. The number of fused-ring (bicyclic) bond motifs is 1. The van der Waals surface area contributed by atoms with Crippen LogP contribution in [0.1, 0.15) is 38.3 Å². The van der Waals surface area contributed by atoms with Crippen molar-refractivity contribution in [3.8, 4) is 11.5 Å². The molecular formula is C17H26N2O2. The summed E-state index contributed by atoms with van der Waals surface area (Å²) >= 11 is 0. The van der Waals surface area contributed by atoms with Crippen molar-refractivity contribution in [3.05, 3.63) is 23.8 Å². The van der Waals surface area contributed by atoms with Crippen LogP contribution >= 0.6 is 0 Å². The van der Waals surface area contributed by atoms with Gasteiger partial charge in [-0.25, -0.2) is 0 Å². The maximum Gasteiger partial charge on any atom is 0.231 e. The van der Waals surface area contributed by atoms with E-state index in [1.165, 1.54) is 24.9 Å². The van der Waals surface area contributed by atoms with Crippen molar-refractivity contribution < 1.29 is 9.47 Å². The highest BCUT2D eigenvalue weighted by molar-refractivity contribution is 5.45. The molecule has 1 saturated heterocycles. The first-order valence-electron chi connectivity index (χ1n) is 8.00. The first kappa shape index (κ1) is 14.7. The van der Waals surface area contributed by atoms with Gasteiger partial charge in [-0.1, -0.05) is 19.9 Å². The fourth-order valence-electron chi connectivity index (χ4n) is 3.56. The molecule has 4 nitrogen and oxygen atoms in total. The number of nitrogens with one attached hydrogen (secondary N) is 1. The largest absolute Gasteiger partial charge is 0.454 e. The van der Waals surface area contributed by atoms with Crippen LogP contribution in [0.4, 0.5) is 0 Å². The molecule has 2 aliphatic heterocycles. The molecule has 1 fully saturated rings. The quantitative estimate of drug-likeness (QED) is 0.904. The van der Waals surface area contributed by atoms with Crippen LogP contribution in [0, 0.1) is 5.92 Å². The summed E-state index contributed by atoms with van der Waals surface area (Å²) in [6.45, 7) is 7.27. The highest BCUT2D eigenvalue weighted by Crippen LogP contribution is 2.35. The SMILES string of the molecule is CNC(CN1CCCC1C(C)C)c1ccc2c(c1)OCO2. The Labute approximate surface area is 127 Å². The number of hydrogen-bond acceptors (Lipinski definition) is 4. The van der Waals surface area contributed by atoms with Gasteiger partial charge in [0.25, 0.3) is 0 Å². The van der Waals surface area contributed by atoms with Crippen molar-refractivity contribution in [2.75, 3.05) is 26.9 Å². The molecule has 21 heavy (non-hydrogen) atoms. The van der Waals surface area contributed by atoms with E-state index in [1.807, 2.05) is 13.1 Å². The Kier molecular flexibility index (Phi) is 4.36. The molecule has 0 bridgehead atoms. The monoisotopic (exact) mass is 290 g/mol. The maximum atomic E-state index is 5.50.